The van der Waals surface area contributed by atoms with Gasteiger partial charge >= 0.3 is 11.9 Å². The molecule has 9 nitrogen and oxygen atoms in total. The lowest BCUT2D eigenvalue weighted by molar-refractivity contribution is -0.134. The SMILES string of the molecule is CCCCCCCCCCCCC(C)CN(CCCC(=O)Oc1c(OC)cc(C(=O)OCCCN(C)C)cc1OC)CC(O)CCCCCCCCCCCC. The summed E-state index contributed by atoms with van der Waals surface area (Å²) in [6.07, 6.45) is 29.4. The average molecular weight is 791 g/mol. The minimum Gasteiger partial charge on any atom is -0.493 e. The van der Waals surface area contributed by atoms with Gasteiger partial charge in [-0.05, 0) is 64.4 Å². The van der Waals surface area contributed by atoms with Crippen molar-refractivity contribution < 1.29 is 33.6 Å². The lowest BCUT2D eigenvalue weighted by Crippen LogP contribution is -2.36. The van der Waals surface area contributed by atoms with Gasteiger partial charge in [0.15, 0.2) is 11.5 Å². The summed E-state index contributed by atoms with van der Waals surface area (Å²) in [7, 11) is 6.88. The van der Waals surface area contributed by atoms with E-state index in [1.165, 1.54) is 155 Å². The van der Waals surface area contributed by atoms with Gasteiger partial charge in [-0.3, -0.25) is 4.79 Å². The average Bonchev–Trinajstić information content (AvgIpc) is 3.17. The van der Waals surface area contributed by atoms with Gasteiger partial charge in [0.05, 0.1) is 32.5 Å². The van der Waals surface area contributed by atoms with E-state index in [4.69, 9.17) is 18.9 Å². The highest BCUT2D eigenvalue weighted by Crippen LogP contribution is 2.39. The molecule has 0 radical (unpaired) electrons. The second-order valence-electron chi connectivity index (χ2n) is 16.5. The second-order valence-corrected chi connectivity index (χ2v) is 16.5. The summed E-state index contributed by atoms with van der Waals surface area (Å²) in [6, 6.07) is 3.04. The van der Waals surface area contributed by atoms with Crippen LogP contribution in [-0.4, -0.2) is 94.0 Å². The van der Waals surface area contributed by atoms with E-state index in [1.807, 2.05) is 19.0 Å². The zero-order valence-electron chi connectivity index (χ0n) is 37.3. The lowest BCUT2D eigenvalue weighted by Gasteiger charge is -2.28. The maximum Gasteiger partial charge on any atom is 0.338 e. The molecule has 1 aromatic rings. The standard InChI is InChI=1S/C47H86N2O7/c1-8-10-12-14-16-18-20-22-24-26-30-40(3)38-49(39-42(50)31-27-25-23-21-19-17-15-13-11-9-2)34-28-32-45(51)56-46-43(53-6)36-41(37-44(46)54-7)47(52)55-35-29-33-48(4)5/h36-37,40,42,50H,8-35,38-39H2,1-7H3. The number of hydrogen-bond donors (Lipinski definition) is 1. The Morgan fingerprint density at radius 3 is 1.61 bits per heavy atom. The van der Waals surface area contributed by atoms with Crippen LogP contribution in [0.3, 0.4) is 0 Å². The Labute approximate surface area is 343 Å². The molecule has 0 saturated carbocycles. The zero-order chi connectivity index (χ0) is 41.2. The van der Waals surface area contributed by atoms with Gasteiger partial charge in [0.1, 0.15) is 0 Å². The van der Waals surface area contributed by atoms with Crippen LogP contribution in [0.15, 0.2) is 12.1 Å². The van der Waals surface area contributed by atoms with E-state index in [1.54, 1.807) is 0 Å². The number of unbranched alkanes of at least 4 members (excludes halogenated alkanes) is 18. The molecule has 0 spiro atoms. The van der Waals surface area contributed by atoms with Crippen molar-refractivity contribution in [3.63, 3.8) is 0 Å². The summed E-state index contributed by atoms with van der Waals surface area (Å²) >= 11 is 0. The molecule has 0 aliphatic rings. The number of carbonyl (C=O) groups is 2. The van der Waals surface area contributed by atoms with Crippen molar-refractivity contribution in [1.82, 2.24) is 9.80 Å². The highest BCUT2D eigenvalue weighted by molar-refractivity contribution is 5.91. The third kappa shape index (κ3) is 26.5. The number of aliphatic hydroxyl groups is 1. The summed E-state index contributed by atoms with van der Waals surface area (Å²) in [5.41, 5.74) is 0.266. The number of rotatable bonds is 38. The predicted octanol–water partition coefficient (Wildman–Crippen LogP) is 11.4. The molecule has 0 aliphatic heterocycles. The number of ether oxygens (including phenoxy) is 4. The van der Waals surface area contributed by atoms with E-state index in [2.05, 4.69) is 25.7 Å². The number of aliphatic hydroxyl groups excluding tert-OH is 1. The molecule has 0 aliphatic carbocycles. The summed E-state index contributed by atoms with van der Waals surface area (Å²) in [4.78, 5) is 30.3. The molecule has 0 heterocycles. The number of carbonyl (C=O) groups excluding carboxylic acids is 2. The number of methoxy groups -OCH3 is 2. The molecule has 2 atom stereocenters. The molecule has 326 valence electrons. The Morgan fingerprint density at radius 2 is 1.12 bits per heavy atom. The quantitative estimate of drug-likeness (QED) is 0.0399. The topological polar surface area (TPSA) is 97.8 Å². The third-order valence-corrected chi connectivity index (χ3v) is 10.7. The van der Waals surface area contributed by atoms with Crippen LogP contribution in [0.25, 0.3) is 0 Å². The molecule has 1 aromatic carbocycles. The monoisotopic (exact) mass is 791 g/mol. The molecular formula is C47H86N2O7. The third-order valence-electron chi connectivity index (χ3n) is 10.7. The van der Waals surface area contributed by atoms with Gasteiger partial charge in [-0.25, -0.2) is 4.79 Å². The Balaban J connectivity index is 2.69. The number of hydrogen-bond acceptors (Lipinski definition) is 9. The summed E-state index contributed by atoms with van der Waals surface area (Å²) in [5, 5.41) is 11.1. The van der Waals surface area contributed by atoms with Crippen molar-refractivity contribution in [3.05, 3.63) is 17.7 Å². The molecule has 0 saturated heterocycles. The van der Waals surface area contributed by atoms with E-state index < -0.39 is 11.9 Å². The van der Waals surface area contributed by atoms with Crippen molar-refractivity contribution in [2.45, 2.75) is 187 Å². The van der Waals surface area contributed by atoms with Crippen LogP contribution in [0.1, 0.15) is 192 Å². The fourth-order valence-corrected chi connectivity index (χ4v) is 7.37. The first-order valence-electron chi connectivity index (χ1n) is 22.8. The van der Waals surface area contributed by atoms with Crippen molar-refractivity contribution in [1.29, 1.82) is 0 Å². The second kappa shape index (κ2) is 34.7. The maximum atomic E-state index is 13.2. The van der Waals surface area contributed by atoms with E-state index in [0.717, 1.165) is 32.4 Å². The van der Waals surface area contributed by atoms with E-state index in [0.29, 0.717) is 32.0 Å². The Morgan fingerprint density at radius 1 is 0.643 bits per heavy atom. The van der Waals surface area contributed by atoms with Crippen molar-refractivity contribution in [3.8, 4) is 17.2 Å². The molecule has 0 amide bonds. The van der Waals surface area contributed by atoms with Crippen LogP contribution >= 0.6 is 0 Å². The lowest BCUT2D eigenvalue weighted by atomic mass is 10.00. The fourth-order valence-electron chi connectivity index (χ4n) is 7.37. The van der Waals surface area contributed by atoms with Gasteiger partial charge in [-0.2, -0.15) is 0 Å². The van der Waals surface area contributed by atoms with Crippen LogP contribution in [0, 0.1) is 5.92 Å². The minimum absolute atomic E-state index is 0.151. The first kappa shape index (κ1) is 51.7. The van der Waals surface area contributed by atoms with Gasteiger partial charge in [-0.1, -0.05) is 149 Å². The van der Waals surface area contributed by atoms with E-state index in [-0.39, 0.29) is 35.3 Å². The van der Waals surface area contributed by atoms with Crippen LogP contribution in [-0.2, 0) is 9.53 Å². The highest BCUT2D eigenvalue weighted by atomic mass is 16.6. The smallest absolute Gasteiger partial charge is 0.338 e. The molecule has 2 unspecified atom stereocenters. The van der Waals surface area contributed by atoms with Crippen LogP contribution in [0.5, 0.6) is 17.2 Å². The van der Waals surface area contributed by atoms with Gasteiger partial charge in [0, 0.05) is 26.1 Å². The minimum atomic E-state index is -0.490. The molecule has 9 heteroatoms. The van der Waals surface area contributed by atoms with E-state index >= 15 is 0 Å². The van der Waals surface area contributed by atoms with Crippen molar-refractivity contribution >= 4 is 11.9 Å². The Hall–Kier alpha value is -2.36. The highest BCUT2D eigenvalue weighted by Gasteiger charge is 2.22. The molecular weight excluding hydrogens is 705 g/mol. The maximum absolute atomic E-state index is 13.2. The first-order valence-corrected chi connectivity index (χ1v) is 22.8. The molecule has 0 bridgehead atoms. The molecule has 56 heavy (non-hydrogen) atoms. The Bertz CT molecular complexity index is 1060. The number of nitrogens with zero attached hydrogens (tertiary/aromatic N) is 2. The summed E-state index contributed by atoms with van der Waals surface area (Å²) < 4.78 is 22.2. The predicted molar refractivity (Wildman–Crippen MR) is 232 cm³/mol. The van der Waals surface area contributed by atoms with Crippen molar-refractivity contribution in [2.24, 2.45) is 5.92 Å². The summed E-state index contributed by atoms with van der Waals surface area (Å²) in [5.74, 6) is 0.247. The van der Waals surface area contributed by atoms with Crippen molar-refractivity contribution in [2.75, 3.05) is 61.1 Å². The van der Waals surface area contributed by atoms with Crippen LogP contribution < -0.4 is 14.2 Å². The molecule has 1 rings (SSSR count). The first-order chi connectivity index (χ1) is 27.1. The summed E-state index contributed by atoms with van der Waals surface area (Å²) in [6.45, 7) is 10.2. The molecule has 1 N–H and O–H groups in total. The normalized spacial score (nSPS) is 12.6. The van der Waals surface area contributed by atoms with Gasteiger partial charge in [-0.15, -0.1) is 0 Å². The number of esters is 2. The van der Waals surface area contributed by atoms with Crippen LogP contribution in [0.2, 0.25) is 0 Å². The van der Waals surface area contributed by atoms with Crippen LogP contribution in [0.4, 0.5) is 0 Å². The van der Waals surface area contributed by atoms with Gasteiger partial charge < -0.3 is 33.9 Å². The van der Waals surface area contributed by atoms with Gasteiger partial charge in [0.2, 0.25) is 5.75 Å². The molecule has 0 aromatic heterocycles. The number of benzene rings is 1. The molecule has 0 fully saturated rings. The zero-order valence-corrected chi connectivity index (χ0v) is 37.3. The van der Waals surface area contributed by atoms with E-state index in [9.17, 15) is 14.7 Å². The Kier molecular flexibility index (Phi) is 32.0. The van der Waals surface area contributed by atoms with Gasteiger partial charge in [0.25, 0.3) is 0 Å². The largest absolute Gasteiger partial charge is 0.493 e. The fraction of sp³-hybridized carbons (Fsp3) is 0.830.